The molecule has 7 heteroatoms. The van der Waals surface area contributed by atoms with Crippen molar-refractivity contribution in [1.29, 1.82) is 0 Å². The first-order valence-corrected chi connectivity index (χ1v) is 8.97. The Bertz CT molecular complexity index is 979. The molecule has 0 bridgehead atoms. The Kier molecular flexibility index (Phi) is 3.46. The molecule has 2 aliphatic rings. The third-order valence-electron chi connectivity index (χ3n) is 5.70. The van der Waals surface area contributed by atoms with Crippen molar-refractivity contribution < 1.29 is 9.13 Å². The van der Waals surface area contributed by atoms with Gasteiger partial charge in [0, 0.05) is 25.1 Å². The molecule has 1 saturated carbocycles. The van der Waals surface area contributed by atoms with Crippen molar-refractivity contribution in [1.82, 2.24) is 19.6 Å². The summed E-state index contributed by atoms with van der Waals surface area (Å²) in [5.74, 6) is 1.10. The van der Waals surface area contributed by atoms with Gasteiger partial charge in [-0.25, -0.2) is 9.37 Å². The topological polar surface area (TPSA) is 55.6 Å². The summed E-state index contributed by atoms with van der Waals surface area (Å²) < 4.78 is 21.8. The number of nitrogens with zero attached hydrogens (tertiary/aromatic N) is 5. The van der Waals surface area contributed by atoms with Gasteiger partial charge in [-0.1, -0.05) is 25.0 Å². The van der Waals surface area contributed by atoms with Gasteiger partial charge < -0.3 is 9.64 Å². The molecule has 0 unspecified atom stereocenters. The second-order valence-electron chi connectivity index (χ2n) is 7.22. The monoisotopic (exact) mass is 353 g/mol. The van der Waals surface area contributed by atoms with Crippen LogP contribution in [0.15, 0.2) is 30.6 Å². The number of ether oxygens (including phenoxy) is 1. The van der Waals surface area contributed by atoms with Crippen LogP contribution >= 0.6 is 0 Å². The number of halogens is 1. The van der Waals surface area contributed by atoms with E-state index in [1.54, 1.807) is 11.6 Å². The summed E-state index contributed by atoms with van der Waals surface area (Å²) in [6.07, 6.45) is 6.04. The van der Waals surface area contributed by atoms with Crippen LogP contribution in [0.2, 0.25) is 0 Å². The molecule has 1 aromatic carbocycles. The minimum absolute atomic E-state index is 0.0228. The number of hydrogen-bond acceptors (Lipinski definition) is 5. The van der Waals surface area contributed by atoms with Crippen LogP contribution < -0.4 is 4.90 Å². The number of para-hydroxylation sites is 1. The van der Waals surface area contributed by atoms with Crippen molar-refractivity contribution in [2.24, 2.45) is 0 Å². The molecule has 0 N–H and O–H groups in total. The first-order valence-electron chi connectivity index (χ1n) is 8.97. The zero-order chi connectivity index (χ0) is 17.7. The fraction of sp³-hybridized carbons (Fsp3) is 0.421. The Morgan fingerprint density at radius 3 is 2.92 bits per heavy atom. The molecule has 1 aliphatic heterocycles. The molecular formula is C19H20FN5O. The number of anilines is 2. The van der Waals surface area contributed by atoms with Gasteiger partial charge in [-0.05, 0) is 24.5 Å². The second kappa shape index (κ2) is 5.74. The van der Waals surface area contributed by atoms with E-state index in [1.807, 2.05) is 12.1 Å². The number of aromatic nitrogens is 4. The van der Waals surface area contributed by atoms with Crippen molar-refractivity contribution in [3.8, 4) is 0 Å². The zero-order valence-corrected chi connectivity index (χ0v) is 14.7. The van der Waals surface area contributed by atoms with E-state index in [4.69, 9.17) is 4.74 Å². The maximum Gasteiger partial charge on any atom is 0.254 e. The van der Waals surface area contributed by atoms with E-state index in [1.165, 1.54) is 25.2 Å². The van der Waals surface area contributed by atoms with Crippen LogP contribution in [0.1, 0.15) is 36.9 Å². The van der Waals surface area contributed by atoms with E-state index in [9.17, 15) is 4.39 Å². The fourth-order valence-corrected chi connectivity index (χ4v) is 4.62. The lowest BCUT2D eigenvalue weighted by Crippen LogP contribution is -2.29. The predicted molar refractivity (Wildman–Crippen MR) is 95.0 cm³/mol. The molecule has 1 fully saturated rings. The molecule has 2 aromatic heterocycles. The average Bonchev–Trinajstić information content (AvgIpc) is 3.36. The van der Waals surface area contributed by atoms with Gasteiger partial charge >= 0.3 is 0 Å². The van der Waals surface area contributed by atoms with Gasteiger partial charge in [0.05, 0.1) is 18.0 Å². The van der Waals surface area contributed by atoms with Crippen LogP contribution in [0.3, 0.4) is 0 Å². The van der Waals surface area contributed by atoms with E-state index < -0.39 is 0 Å². The van der Waals surface area contributed by atoms with E-state index in [0.29, 0.717) is 18.1 Å². The lowest BCUT2D eigenvalue weighted by atomic mass is 9.81. The van der Waals surface area contributed by atoms with Crippen LogP contribution in [-0.2, 0) is 16.8 Å². The summed E-state index contributed by atoms with van der Waals surface area (Å²) in [4.78, 5) is 10.7. The fourth-order valence-electron chi connectivity index (χ4n) is 4.62. The van der Waals surface area contributed by atoms with Gasteiger partial charge in [-0.3, -0.25) is 0 Å². The molecule has 0 amide bonds. The Hall–Kier alpha value is -2.54. The smallest absolute Gasteiger partial charge is 0.254 e. The van der Waals surface area contributed by atoms with Crippen molar-refractivity contribution in [3.05, 3.63) is 47.7 Å². The van der Waals surface area contributed by atoms with Crippen molar-refractivity contribution >= 4 is 17.3 Å². The van der Waals surface area contributed by atoms with E-state index in [2.05, 4.69) is 26.0 Å². The number of hydrogen-bond donors (Lipinski definition) is 0. The van der Waals surface area contributed by atoms with Gasteiger partial charge in [-0.15, -0.1) is 0 Å². The Morgan fingerprint density at radius 2 is 2.12 bits per heavy atom. The summed E-state index contributed by atoms with van der Waals surface area (Å²) in [6, 6.07) is 7.37. The quantitative estimate of drug-likeness (QED) is 0.723. The molecule has 0 atom stereocenters. The molecule has 3 aromatic rings. The van der Waals surface area contributed by atoms with Crippen LogP contribution in [0.25, 0.3) is 5.78 Å². The predicted octanol–water partition coefficient (Wildman–Crippen LogP) is 3.37. The summed E-state index contributed by atoms with van der Waals surface area (Å²) in [6.45, 7) is 1.13. The molecule has 3 heterocycles. The molecule has 134 valence electrons. The molecule has 0 saturated heterocycles. The molecule has 1 spiro atoms. The summed E-state index contributed by atoms with van der Waals surface area (Å²) in [5.41, 5.74) is 2.57. The number of methoxy groups -OCH3 is 1. The molecule has 5 rings (SSSR count). The van der Waals surface area contributed by atoms with Crippen LogP contribution in [-0.4, -0.2) is 33.2 Å². The highest BCUT2D eigenvalue weighted by Crippen LogP contribution is 2.53. The van der Waals surface area contributed by atoms with Crippen LogP contribution in [0.5, 0.6) is 0 Å². The highest BCUT2D eigenvalue weighted by Gasteiger charge is 2.46. The van der Waals surface area contributed by atoms with E-state index in [0.717, 1.165) is 36.5 Å². The SMILES string of the molecule is COCc1cc(N2CC3(CCCC3)c3cccc(F)c32)n2ncnc2n1. The van der Waals surface area contributed by atoms with Gasteiger partial charge in [0.25, 0.3) is 5.78 Å². The second-order valence-corrected chi connectivity index (χ2v) is 7.22. The Morgan fingerprint density at radius 1 is 1.27 bits per heavy atom. The van der Waals surface area contributed by atoms with Gasteiger partial charge in [0.2, 0.25) is 0 Å². The maximum absolute atomic E-state index is 14.9. The van der Waals surface area contributed by atoms with Crippen molar-refractivity contribution in [3.63, 3.8) is 0 Å². The van der Waals surface area contributed by atoms with Crippen LogP contribution in [0, 0.1) is 5.82 Å². The Balaban J connectivity index is 1.72. The minimum atomic E-state index is -0.190. The van der Waals surface area contributed by atoms with Crippen LogP contribution in [0.4, 0.5) is 15.9 Å². The van der Waals surface area contributed by atoms with E-state index >= 15 is 0 Å². The van der Waals surface area contributed by atoms with Crippen molar-refractivity contribution in [2.45, 2.75) is 37.7 Å². The zero-order valence-electron chi connectivity index (χ0n) is 14.7. The van der Waals surface area contributed by atoms with Crippen molar-refractivity contribution in [2.75, 3.05) is 18.6 Å². The lowest BCUT2D eigenvalue weighted by molar-refractivity contribution is 0.181. The summed E-state index contributed by atoms with van der Waals surface area (Å²) in [5, 5.41) is 4.32. The lowest BCUT2D eigenvalue weighted by Gasteiger charge is -2.26. The summed E-state index contributed by atoms with van der Waals surface area (Å²) in [7, 11) is 1.63. The van der Waals surface area contributed by atoms with Gasteiger partial charge in [-0.2, -0.15) is 14.6 Å². The standard InChI is InChI=1S/C19H20FN5O/c1-26-10-13-9-16(25-18(23-13)21-12-22-25)24-11-19(7-2-3-8-19)14-5-4-6-15(20)17(14)24/h4-6,9,12H,2-3,7-8,10-11H2,1H3. The maximum atomic E-state index is 14.9. The third kappa shape index (κ3) is 2.16. The highest BCUT2D eigenvalue weighted by atomic mass is 19.1. The van der Waals surface area contributed by atoms with Gasteiger partial charge in [0.15, 0.2) is 0 Å². The molecule has 0 radical (unpaired) electrons. The average molecular weight is 353 g/mol. The van der Waals surface area contributed by atoms with Gasteiger partial charge in [0.1, 0.15) is 18.0 Å². The number of benzene rings is 1. The molecule has 1 aliphatic carbocycles. The largest absolute Gasteiger partial charge is 0.378 e. The highest BCUT2D eigenvalue weighted by molar-refractivity contribution is 5.72. The Labute approximate surface area is 150 Å². The summed E-state index contributed by atoms with van der Waals surface area (Å²) >= 11 is 0. The first kappa shape index (κ1) is 15.7. The minimum Gasteiger partial charge on any atom is -0.378 e. The molecular weight excluding hydrogens is 333 g/mol. The number of rotatable bonds is 3. The van der Waals surface area contributed by atoms with E-state index in [-0.39, 0.29) is 11.2 Å². The third-order valence-corrected chi connectivity index (χ3v) is 5.70. The molecule has 26 heavy (non-hydrogen) atoms. The normalized spacial score (nSPS) is 18.2. The molecule has 6 nitrogen and oxygen atoms in total. The first-order chi connectivity index (χ1) is 12.7. The number of fused-ring (bicyclic) bond motifs is 3.